The molecule has 106 valence electrons. The van der Waals surface area contributed by atoms with Gasteiger partial charge in [-0.1, -0.05) is 12.8 Å². The Morgan fingerprint density at radius 2 is 1.95 bits per heavy atom. The van der Waals surface area contributed by atoms with Gasteiger partial charge in [0.25, 0.3) is 0 Å². The van der Waals surface area contributed by atoms with E-state index >= 15 is 0 Å². The number of rotatable bonds is 4. The number of hydrogen-bond acceptors (Lipinski definition) is 4. The zero-order valence-corrected chi connectivity index (χ0v) is 10.7. The van der Waals surface area contributed by atoms with Gasteiger partial charge in [-0.25, -0.2) is 13.8 Å². The summed E-state index contributed by atoms with van der Waals surface area (Å²) >= 11 is 0. The molecule has 19 heavy (non-hydrogen) atoms. The monoisotopic (exact) mass is 271 g/mol. The van der Waals surface area contributed by atoms with Crippen LogP contribution in [0, 0.1) is 23.5 Å². The molecule has 0 spiro atoms. The van der Waals surface area contributed by atoms with Gasteiger partial charge in [-0.2, -0.15) is 0 Å². The molecule has 0 saturated heterocycles. The summed E-state index contributed by atoms with van der Waals surface area (Å²) in [5.41, 5.74) is 5.32. The lowest BCUT2D eigenvalue weighted by Crippen LogP contribution is -2.29. The first-order valence-electron chi connectivity index (χ1n) is 6.58. The number of aliphatic hydroxyl groups is 1. The predicted molar refractivity (Wildman–Crippen MR) is 69.6 cm³/mol. The van der Waals surface area contributed by atoms with E-state index in [2.05, 4.69) is 10.3 Å². The first-order chi connectivity index (χ1) is 9.11. The number of anilines is 2. The quantitative estimate of drug-likeness (QED) is 0.784. The van der Waals surface area contributed by atoms with Gasteiger partial charge in [-0.3, -0.25) is 0 Å². The van der Waals surface area contributed by atoms with E-state index in [1.54, 1.807) is 0 Å². The number of halogens is 2. The van der Waals surface area contributed by atoms with Crippen LogP contribution in [0.15, 0.2) is 6.07 Å². The summed E-state index contributed by atoms with van der Waals surface area (Å²) in [6.07, 6.45) is 4.23. The molecule has 0 radical (unpaired) electrons. The van der Waals surface area contributed by atoms with Crippen molar-refractivity contribution in [2.45, 2.75) is 25.7 Å². The number of nitrogens with two attached hydrogens (primary N) is 1. The van der Waals surface area contributed by atoms with Gasteiger partial charge in [0.2, 0.25) is 0 Å². The molecule has 1 aromatic heterocycles. The van der Waals surface area contributed by atoms with Crippen LogP contribution >= 0.6 is 0 Å². The van der Waals surface area contributed by atoms with Crippen molar-refractivity contribution >= 4 is 11.6 Å². The van der Waals surface area contributed by atoms with Crippen molar-refractivity contribution < 1.29 is 13.9 Å². The molecule has 2 rings (SSSR count). The maximum Gasteiger partial charge on any atom is 0.168 e. The first kappa shape index (κ1) is 14.0. The highest BCUT2D eigenvalue weighted by Crippen LogP contribution is 2.30. The summed E-state index contributed by atoms with van der Waals surface area (Å²) in [6.45, 7) is 0.661. The van der Waals surface area contributed by atoms with Gasteiger partial charge in [0.1, 0.15) is 0 Å². The van der Waals surface area contributed by atoms with Crippen LogP contribution in [0.3, 0.4) is 0 Å². The van der Waals surface area contributed by atoms with Gasteiger partial charge < -0.3 is 16.2 Å². The van der Waals surface area contributed by atoms with Crippen molar-refractivity contribution in [3.63, 3.8) is 0 Å². The number of nitrogens with one attached hydrogen (secondary N) is 1. The number of nitrogens with zero attached hydrogens (tertiary/aromatic N) is 1. The Kier molecular flexibility index (Phi) is 4.52. The van der Waals surface area contributed by atoms with Crippen LogP contribution in [-0.2, 0) is 0 Å². The van der Waals surface area contributed by atoms with E-state index < -0.39 is 11.6 Å². The minimum Gasteiger partial charge on any atom is -0.396 e. The fourth-order valence-corrected chi connectivity index (χ4v) is 2.63. The maximum absolute atomic E-state index is 13.5. The average Bonchev–Trinajstić information content (AvgIpc) is 2.41. The SMILES string of the molecule is Nc1nc(NCC2CCCCC2CO)c(F)cc1F. The van der Waals surface area contributed by atoms with Crippen LogP contribution in [0.5, 0.6) is 0 Å². The van der Waals surface area contributed by atoms with E-state index in [4.69, 9.17) is 5.73 Å². The first-order valence-corrected chi connectivity index (χ1v) is 6.58. The molecule has 1 saturated carbocycles. The fraction of sp³-hybridized carbons (Fsp3) is 0.615. The predicted octanol–water partition coefficient (Wildman–Crippen LogP) is 2.15. The second-order valence-corrected chi connectivity index (χ2v) is 5.05. The van der Waals surface area contributed by atoms with E-state index in [-0.39, 0.29) is 30.1 Å². The van der Waals surface area contributed by atoms with E-state index in [0.717, 1.165) is 31.7 Å². The van der Waals surface area contributed by atoms with Crippen LogP contribution in [0.25, 0.3) is 0 Å². The summed E-state index contributed by atoms with van der Waals surface area (Å²) in [7, 11) is 0. The molecule has 6 heteroatoms. The highest BCUT2D eigenvalue weighted by atomic mass is 19.1. The van der Waals surface area contributed by atoms with Crippen LogP contribution in [0.1, 0.15) is 25.7 Å². The number of hydrogen-bond donors (Lipinski definition) is 3. The van der Waals surface area contributed by atoms with E-state index in [0.29, 0.717) is 6.54 Å². The van der Waals surface area contributed by atoms with E-state index in [1.807, 2.05) is 0 Å². The van der Waals surface area contributed by atoms with E-state index in [1.165, 1.54) is 0 Å². The molecule has 0 amide bonds. The Labute approximate surface area is 111 Å². The number of aliphatic hydroxyl groups excluding tert-OH is 1. The Morgan fingerprint density at radius 1 is 1.26 bits per heavy atom. The van der Waals surface area contributed by atoms with E-state index in [9.17, 15) is 13.9 Å². The molecule has 4 N–H and O–H groups in total. The standard InChI is InChI=1S/C13H19F2N3O/c14-10-5-11(15)13(18-12(10)16)17-6-8-3-1-2-4-9(8)7-19/h5,8-9,19H,1-4,6-7H2,(H3,16,17,18). The molecule has 1 aromatic rings. The Bertz CT molecular complexity index is 442. The Hall–Kier alpha value is -1.43. The highest BCUT2D eigenvalue weighted by molar-refractivity contribution is 5.44. The lowest BCUT2D eigenvalue weighted by Gasteiger charge is -2.30. The lowest BCUT2D eigenvalue weighted by atomic mass is 9.79. The van der Waals surface area contributed by atoms with Gasteiger partial charge in [0.05, 0.1) is 0 Å². The highest BCUT2D eigenvalue weighted by Gasteiger charge is 2.24. The molecule has 2 atom stereocenters. The van der Waals surface area contributed by atoms with Crippen molar-refractivity contribution in [1.82, 2.24) is 4.98 Å². The molecule has 2 unspecified atom stereocenters. The normalized spacial score (nSPS) is 23.3. The van der Waals surface area contributed by atoms with Gasteiger partial charge in [0, 0.05) is 19.2 Å². The summed E-state index contributed by atoms with van der Waals surface area (Å²) in [6, 6.07) is 0.731. The molecule has 1 aliphatic carbocycles. The van der Waals surface area contributed by atoms with Gasteiger partial charge in [-0.15, -0.1) is 0 Å². The molecular formula is C13H19F2N3O. The molecule has 0 aliphatic heterocycles. The third-order valence-electron chi connectivity index (χ3n) is 3.79. The van der Waals surface area contributed by atoms with Crippen molar-refractivity contribution in [3.05, 3.63) is 17.7 Å². The van der Waals surface area contributed by atoms with Crippen LogP contribution in [-0.4, -0.2) is 23.2 Å². The van der Waals surface area contributed by atoms with Crippen molar-refractivity contribution in [3.8, 4) is 0 Å². The van der Waals surface area contributed by atoms with Crippen LogP contribution in [0.2, 0.25) is 0 Å². The summed E-state index contributed by atoms with van der Waals surface area (Å²) in [4.78, 5) is 3.66. The molecule has 1 fully saturated rings. The third-order valence-corrected chi connectivity index (χ3v) is 3.79. The second-order valence-electron chi connectivity index (χ2n) is 5.05. The minimum atomic E-state index is -0.853. The van der Waals surface area contributed by atoms with Gasteiger partial charge >= 0.3 is 0 Å². The van der Waals surface area contributed by atoms with Crippen LogP contribution < -0.4 is 11.1 Å². The zero-order chi connectivity index (χ0) is 13.8. The summed E-state index contributed by atoms with van der Waals surface area (Å²) in [5.74, 6) is -1.42. The molecule has 1 aliphatic rings. The van der Waals surface area contributed by atoms with Crippen molar-refractivity contribution in [1.29, 1.82) is 0 Å². The largest absolute Gasteiger partial charge is 0.396 e. The zero-order valence-electron chi connectivity index (χ0n) is 10.7. The molecular weight excluding hydrogens is 252 g/mol. The minimum absolute atomic E-state index is 0.0267. The molecule has 0 aromatic carbocycles. The smallest absolute Gasteiger partial charge is 0.168 e. The fourth-order valence-electron chi connectivity index (χ4n) is 2.63. The van der Waals surface area contributed by atoms with Crippen LogP contribution in [0.4, 0.5) is 20.4 Å². The van der Waals surface area contributed by atoms with Crippen molar-refractivity contribution in [2.24, 2.45) is 11.8 Å². The number of pyridine rings is 1. The Morgan fingerprint density at radius 3 is 2.63 bits per heavy atom. The maximum atomic E-state index is 13.5. The molecule has 4 nitrogen and oxygen atoms in total. The van der Waals surface area contributed by atoms with Gasteiger partial charge in [0.15, 0.2) is 23.3 Å². The van der Waals surface area contributed by atoms with Crippen molar-refractivity contribution in [2.75, 3.05) is 24.2 Å². The number of nitrogen functional groups attached to an aromatic ring is 1. The molecule has 1 heterocycles. The summed E-state index contributed by atoms with van der Waals surface area (Å²) in [5, 5.41) is 12.2. The Balaban J connectivity index is 1.99. The number of aromatic nitrogens is 1. The third kappa shape index (κ3) is 3.32. The molecule has 0 bridgehead atoms. The topological polar surface area (TPSA) is 71.2 Å². The lowest BCUT2D eigenvalue weighted by molar-refractivity contribution is 0.141. The second kappa shape index (κ2) is 6.14. The van der Waals surface area contributed by atoms with Gasteiger partial charge in [-0.05, 0) is 24.7 Å². The average molecular weight is 271 g/mol. The summed E-state index contributed by atoms with van der Waals surface area (Å²) < 4.78 is 26.5.